The number of benzene rings is 2. The van der Waals surface area contributed by atoms with Crippen LogP contribution in [0.5, 0.6) is 0 Å². The zero-order valence-corrected chi connectivity index (χ0v) is 18.7. The molecule has 9 heteroatoms. The summed E-state index contributed by atoms with van der Waals surface area (Å²) in [6.45, 7) is 4.51. The van der Waals surface area contributed by atoms with E-state index in [0.717, 1.165) is 42.1 Å². The molecule has 7 nitrogen and oxygen atoms in total. The van der Waals surface area contributed by atoms with Crippen molar-refractivity contribution in [2.24, 2.45) is 0 Å². The predicted octanol–water partition coefficient (Wildman–Crippen LogP) is 4.96. The molecule has 0 aliphatic heterocycles. The molecule has 0 bridgehead atoms. The summed E-state index contributed by atoms with van der Waals surface area (Å²) in [6.07, 6.45) is 5.96. The van der Waals surface area contributed by atoms with Crippen LogP contribution in [0.25, 0.3) is 11.4 Å². The monoisotopic (exact) mass is 455 g/mol. The van der Waals surface area contributed by atoms with E-state index in [-0.39, 0.29) is 0 Å². The van der Waals surface area contributed by atoms with E-state index < -0.39 is 0 Å². The molecule has 2 aromatic carbocycles. The lowest BCUT2D eigenvalue weighted by Gasteiger charge is -2.21. The molecule has 0 unspecified atom stereocenters. The summed E-state index contributed by atoms with van der Waals surface area (Å²) in [7, 11) is 0. The second-order valence-electron chi connectivity index (χ2n) is 7.31. The molecule has 0 spiro atoms. The van der Waals surface area contributed by atoms with Gasteiger partial charge >= 0.3 is 0 Å². The highest BCUT2D eigenvalue weighted by atomic mass is 35.5. The Bertz CT molecular complexity index is 1100. The molecule has 0 saturated heterocycles. The minimum atomic E-state index is 0.680. The first-order valence-corrected chi connectivity index (χ1v) is 10.9. The number of nitrogens with zero attached hydrogens (tertiary/aromatic N) is 7. The van der Waals surface area contributed by atoms with Crippen LogP contribution in [-0.4, -0.2) is 41.4 Å². The summed E-state index contributed by atoms with van der Waals surface area (Å²) < 4.78 is 3.61. The van der Waals surface area contributed by atoms with Crippen molar-refractivity contribution in [3.8, 4) is 11.4 Å². The maximum atomic E-state index is 6.02. The average molecular weight is 456 g/mol. The van der Waals surface area contributed by atoms with Crippen molar-refractivity contribution >= 4 is 23.2 Å². The highest BCUT2D eigenvalue weighted by molar-refractivity contribution is 6.30. The molecule has 0 N–H and O–H groups in total. The van der Waals surface area contributed by atoms with Gasteiger partial charge in [0.15, 0.2) is 0 Å². The van der Waals surface area contributed by atoms with E-state index in [9.17, 15) is 0 Å². The fourth-order valence-electron chi connectivity index (χ4n) is 3.31. The maximum Gasteiger partial charge on any atom is 0.0971 e. The molecule has 0 fully saturated rings. The van der Waals surface area contributed by atoms with Crippen molar-refractivity contribution in [1.29, 1.82) is 0 Å². The SMILES string of the molecule is CCCCN(Cc1cn(-c2ccc(Cl)cc2)nn1)Cc1cnnn1-c1ccc(Cl)cc1. The van der Waals surface area contributed by atoms with Crippen molar-refractivity contribution in [3.05, 3.63) is 82.4 Å². The summed E-state index contributed by atoms with van der Waals surface area (Å²) in [5, 5.41) is 18.4. The molecular weight excluding hydrogens is 433 g/mol. The van der Waals surface area contributed by atoms with Crippen LogP contribution in [0.4, 0.5) is 0 Å². The fraction of sp³-hybridized carbons (Fsp3) is 0.273. The van der Waals surface area contributed by atoms with Gasteiger partial charge in [-0.15, -0.1) is 10.2 Å². The van der Waals surface area contributed by atoms with Crippen LogP contribution in [0.3, 0.4) is 0 Å². The normalized spacial score (nSPS) is 11.4. The quantitative estimate of drug-likeness (QED) is 0.356. The summed E-state index contributed by atoms with van der Waals surface area (Å²) in [6, 6.07) is 15.1. The Balaban J connectivity index is 1.51. The summed E-state index contributed by atoms with van der Waals surface area (Å²) >= 11 is 12.0. The largest absolute Gasteiger partial charge is 0.291 e. The highest BCUT2D eigenvalue weighted by Gasteiger charge is 2.14. The number of rotatable bonds is 9. The molecule has 0 saturated carbocycles. The second kappa shape index (κ2) is 10.0. The van der Waals surface area contributed by atoms with Gasteiger partial charge in [0.2, 0.25) is 0 Å². The lowest BCUT2D eigenvalue weighted by molar-refractivity contribution is 0.244. The van der Waals surface area contributed by atoms with Crippen LogP contribution < -0.4 is 0 Å². The fourth-order valence-corrected chi connectivity index (χ4v) is 3.56. The summed E-state index contributed by atoms with van der Waals surface area (Å²) in [4.78, 5) is 2.34. The van der Waals surface area contributed by atoms with Crippen molar-refractivity contribution in [1.82, 2.24) is 34.9 Å². The van der Waals surface area contributed by atoms with Gasteiger partial charge in [0, 0.05) is 23.1 Å². The zero-order valence-electron chi connectivity index (χ0n) is 17.2. The smallest absolute Gasteiger partial charge is 0.0971 e. The lowest BCUT2D eigenvalue weighted by atomic mass is 10.2. The average Bonchev–Trinajstić information content (AvgIpc) is 3.43. The van der Waals surface area contributed by atoms with Crippen molar-refractivity contribution in [2.75, 3.05) is 6.54 Å². The van der Waals surface area contributed by atoms with E-state index in [4.69, 9.17) is 23.2 Å². The van der Waals surface area contributed by atoms with E-state index in [1.807, 2.05) is 59.4 Å². The van der Waals surface area contributed by atoms with Crippen LogP contribution in [0, 0.1) is 0 Å². The topological polar surface area (TPSA) is 64.7 Å². The Hall–Kier alpha value is -2.74. The molecule has 0 amide bonds. The van der Waals surface area contributed by atoms with Gasteiger partial charge in [-0.1, -0.05) is 47.0 Å². The van der Waals surface area contributed by atoms with Gasteiger partial charge < -0.3 is 0 Å². The summed E-state index contributed by atoms with van der Waals surface area (Å²) in [5.74, 6) is 0. The van der Waals surface area contributed by atoms with E-state index in [0.29, 0.717) is 23.1 Å². The van der Waals surface area contributed by atoms with Gasteiger partial charge in [0.05, 0.1) is 35.2 Å². The Labute approximate surface area is 191 Å². The Morgan fingerprint density at radius 2 is 1.55 bits per heavy atom. The molecule has 4 rings (SSSR count). The number of aromatic nitrogens is 6. The van der Waals surface area contributed by atoms with E-state index in [1.165, 1.54) is 0 Å². The Morgan fingerprint density at radius 3 is 2.23 bits per heavy atom. The molecule has 31 heavy (non-hydrogen) atoms. The lowest BCUT2D eigenvalue weighted by Crippen LogP contribution is -2.25. The van der Waals surface area contributed by atoms with Crippen molar-refractivity contribution in [3.63, 3.8) is 0 Å². The standard InChI is InChI=1S/C22H23Cl2N7/c1-2-3-12-29(14-19-15-30(28-26-19)20-8-4-17(23)5-9-20)16-22-13-25-27-31(22)21-10-6-18(24)7-11-21/h4-11,13,15H,2-3,12,14,16H2,1H3. The molecule has 0 aliphatic carbocycles. The third kappa shape index (κ3) is 5.50. The second-order valence-corrected chi connectivity index (χ2v) is 8.18. The van der Waals surface area contributed by atoms with Crippen LogP contribution in [0.1, 0.15) is 31.2 Å². The van der Waals surface area contributed by atoms with Gasteiger partial charge in [0.1, 0.15) is 0 Å². The first-order valence-electron chi connectivity index (χ1n) is 10.2. The number of hydrogen-bond donors (Lipinski definition) is 0. The minimum absolute atomic E-state index is 0.680. The van der Waals surface area contributed by atoms with Crippen LogP contribution in [0.15, 0.2) is 60.9 Å². The molecule has 4 aromatic rings. The molecular formula is C22H23Cl2N7. The number of halogens is 2. The van der Waals surface area contributed by atoms with Gasteiger partial charge in [-0.2, -0.15) is 0 Å². The maximum absolute atomic E-state index is 6.02. The Kier molecular flexibility index (Phi) is 6.96. The number of hydrogen-bond acceptors (Lipinski definition) is 5. The minimum Gasteiger partial charge on any atom is -0.291 e. The van der Waals surface area contributed by atoms with E-state index >= 15 is 0 Å². The first-order chi connectivity index (χ1) is 15.1. The molecule has 2 aromatic heterocycles. The van der Waals surface area contributed by atoms with Crippen LogP contribution in [0.2, 0.25) is 10.0 Å². The molecule has 0 aliphatic rings. The predicted molar refractivity (Wildman–Crippen MR) is 122 cm³/mol. The van der Waals surface area contributed by atoms with Crippen molar-refractivity contribution in [2.45, 2.75) is 32.9 Å². The van der Waals surface area contributed by atoms with Gasteiger partial charge in [-0.3, -0.25) is 4.90 Å². The first kappa shape index (κ1) is 21.5. The zero-order chi connectivity index (χ0) is 21.6. The van der Waals surface area contributed by atoms with Gasteiger partial charge in [0.25, 0.3) is 0 Å². The third-order valence-corrected chi connectivity index (χ3v) is 5.43. The number of unbranched alkanes of at least 4 members (excludes halogenated alkanes) is 1. The Morgan fingerprint density at radius 1 is 0.871 bits per heavy atom. The molecule has 160 valence electrons. The highest BCUT2D eigenvalue weighted by Crippen LogP contribution is 2.17. The molecule has 0 atom stereocenters. The molecule has 2 heterocycles. The van der Waals surface area contributed by atoms with E-state index in [2.05, 4.69) is 32.4 Å². The van der Waals surface area contributed by atoms with Gasteiger partial charge in [-0.25, -0.2) is 9.36 Å². The van der Waals surface area contributed by atoms with Crippen molar-refractivity contribution < 1.29 is 0 Å². The van der Waals surface area contributed by atoms with Gasteiger partial charge in [-0.05, 0) is 61.5 Å². The van der Waals surface area contributed by atoms with Crippen LogP contribution in [-0.2, 0) is 13.1 Å². The molecule has 0 radical (unpaired) electrons. The van der Waals surface area contributed by atoms with E-state index in [1.54, 1.807) is 10.9 Å². The third-order valence-electron chi connectivity index (χ3n) is 4.92. The van der Waals surface area contributed by atoms with Crippen LogP contribution >= 0.6 is 23.2 Å². The summed E-state index contributed by atoms with van der Waals surface area (Å²) in [5.41, 5.74) is 3.76.